The fraction of sp³-hybridized carbons (Fsp3) is 0.182. The first-order valence-electron chi connectivity index (χ1n) is 9.61. The number of nitrogens with one attached hydrogen (secondary N) is 1. The molecule has 0 bridgehead atoms. The number of hydrogen-bond donors (Lipinski definition) is 2. The van der Waals surface area contributed by atoms with E-state index >= 15 is 0 Å². The van der Waals surface area contributed by atoms with Crippen molar-refractivity contribution in [3.63, 3.8) is 0 Å². The first kappa shape index (κ1) is 24.9. The average molecular weight is 500 g/mol. The Hall–Kier alpha value is -2.73. The van der Waals surface area contributed by atoms with Crippen molar-refractivity contribution in [3.05, 3.63) is 90.0 Å². The van der Waals surface area contributed by atoms with Gasteiger partial charge in [-0.3, -0.25) is 0 Å². The van der Waals surface area contributed by atoms with Gasteiger partial charge >= 0.3 is 6.18 Å². The van der Waals surface area contributed by atoms with Crippen molar-refractivity contribution in [1.29, 1.82) is 0 Å². The summed E-state index contributed by atoms with van der Waals surface area (Å²) in [6.45, 7) is 1.28. The number of alkyl halides is 3. The highest BCUT2D eigenvalue weighted by Gasteiger charge is 2.39. The van der Waals surface area contributed by atoms with Crippen LogP contribution in [0.3, 0.4) is 0 Å². The molecule has 0 saturated heterocycles. The van der Waals surface area contributed by atoms with Gasteiger partial charge in [-0.2, -0.15) is 13.2 Å². The second-order valence-corrected chi connectivity index (χ2v) is 10.9. The lowest BCUT2D eigenvalue weighted by Crippen LogP contribution is -2.38. The molecule has 0 aliphatic heterocycles. The first-order chi connectivity index (χ1) is 15.3. The molecule has 0 aliphatic rings. The molecular formula is C22H20F3NO5S2. The van der Waals surface area contributed by atoms with Gasteiger partial charge in [-0.1, -0.05) is 48.5 Å². The van der Waals surface area contributed by atoms with Crippen LogP contribution < -0.4 is 4.72 Å². The molecule has 2 atom stereocenters. The van der Waals surface area contributed by atoms with Gasteiger partial charge in [0.2, 0.25) is 19.9 Å². The normalized spacial score (nSPS) is 14.6. The van der Waals surface area contributed by atoms with Crippen LogP contribution in [0.4, 0.5) is 13.2 Å². The van der Waals surface area contributed by atoms with Crippen molar-refractivity contribution in [2.45, 2.75) is 39.9 Å². The van der Waals surface area contributed by atoms with Gasteiger partial charge in [0.1, 0.15) is 0 Å². The molecule has 0 amide bonds. The highest BCUT2D eigenvalue weighted by atomic mass is 32.2. The van der Waals surface area contributed by atoms with Gasteiger partial charge in [0.05, 0.1) is 26.4 Å². The Balaban J connectivity index is 2.06. The summed E-state index contributed by atoms with van der Waals surface area (Å²) in [5.74, 6) is 0. The molecule has 0 heterocycles. The lowest BCUT2D eigenvalue weighted by Gasteiger charge is -2.22. The van der Waals surface area contributed by atoms with Gasteiger partial charge in [0.25, 0.3) is 0 Å². The zero-order valence-electron chi connectivity index (χ0n) is 17.2. The lowest BCUT2D eigenvalue weighted by molar-refractivity contribution is -0.139. The molecule has 33 heavy (non-hydrogen) atoms. The van der Waals surface area contributed by atoms with E-state index in [0.717, 1.165) is 0 Å². The van der Waals surface area contributed by atoms with Crippen LogP contribution in [-0.2, 0) is 26.0 Å². The Morgan fingerprint density at radius 2 is 1.36 bits per heavy atom. The SMILES string of the molecule is CC(NS(=O)(=O)c1cc(S(=O)(=O)c2ccccc2)ccc1C(F)(F)F)C(O)c1ccccc1. The summed E-state index contributed by atoms with van der Waals surface area (Å²) in [4.78, 5) is -2.06. The van der Waals surface area contributed by atoms with Crippen LogP contribution in [0.2, 0.25) is 0 Å². The van der Waals surface area contributed by atoms with Gasteiger partial charge in [-0.25, -0.2) is 21.6 Å². The molecule has 6 nitrogen and oxygen atoms in total. The third-order valence-corrected chi connectivity index (χ3v) is 8.23. The molecule has 0 aromatic heterocycles. The Labute approximate surface area is 189 Å². The van der Waals surface area contributed by atoms with E-state index in [-0.39, 0.29) is 4.90 Å². The van der Waals surface area contributed by atoms with E-state index in [2.05, 4.69) is 0 Å². The standard InChI is InChI=1S/C22H20F3NO5S2/c1-15(21(27)16-8-4-2-5-9-16)26-33(30,31)20-14-18(12-13-19(20)22(23,24)25)32(28,29)17-10-6-3-7-11-17/h2-15,21,26-27H,1H3. The summed E-state index contributed by atoms with van der Waals surface area (Å²) in [5, 5.41) is 10.4. The maximum atomic E-state index is 13.6. The summed E-state index contributed by atoms with van der Waals surface area (Å²) in [6, 6.07) is 15.3. The molecule has 0 saturated carbocycles. The Bertz CT molecular complexity index is 1330. The van der Waals surface area contributed by atoms with Crippen LogP contribution >= 0.6 is 0 Å². The van der Waals surface area contributed by atoms with Crippen LogP contribution in [0.1, 0.15) is 24.2 Å². The second kappa shape index (κ2) is 9.26. The predicted molar refractivity (Wildman–Crippen MR) is 115 cm³/mol. The largest absolute Gasteiger partial charge is 0.417 e. The fourth-order valence-corrected chi connectivity index (χ4v) is 6.06. The summed E-state index contributed by atoms with van der Waals surface area (Å²) < 4.78 is 94.4. The lowest BCUT2D eigenvalue weighted by atomic mass is 10.0. The zero-order valence-corrected chi connectivity index (χ0v) is 18.8. The predicted octanol–water partition coefficient (Wildman–Crippen LogP) is 3.94. The number of halogens is 3. The summed E-state index contributed by atoms with van der Waals surface area (Å²) >= 11 is 0. The maximum Gasteiger partial charge on any atom is 0.417 e. The number of benzene rings is 3. The quantitative estimate of drug-likeness (QED) is 0.513. The molecule has 176 valence electrons. The molecular weight excluding hydrogens is 479 g/mol. The van der Waals surface area contributed by atoms with Crippen LogP contribution in [0, 0.1) is 0 Å². The van der Waals surface area contributed by atoms with Gasteiger partial charge in [-0.05, 0) is 42.8 Å². The van der Waals surface area contributed by atoms with Crippen molar-refractivity contribution in [1.82, 2.24) is 4.72 Å². The highest BCUT2D eigenvalue weighted by molar-refractivity contribution is 7.91. The number of sulfonamides is 1. The highest BCUT2D eigenvalue weighted by Crippen LogP contribution is 2.36. The molecule has 0 radical (unpaired) electrons. The van der Waals surface area contributed by atoms with E-state index in [1.165, 1.54) is 43.3 Å². The van der Waals surface area contributed by atoms with Crippen LogP contribution in [-0.4, -0.2) is 28.0 Å². The van der Waals surface area contributed by atoms with Gasteiger partial charge in [0, 0.05) is 6.04 Å². The monoisotopic (exact) mass is 499 g/mol. The van der Waals surface area contributed by atoms with Crippen molar-refractivity contribution in [2.75, 3.05) is 0 Å². The van der Waals surface area contributed by atoms with Gasteiger partial charge in [0.15, 0.2) is 0 Å². The Kier molecular flexibility index (Phi) is 6.99. The van der Waals surface area contributed by atoms with Crippen molar-refractivity contribution < 1.29 is 35.1 Å². The van der Waals surface area contributed by atoms with E-state index in [0.29, 0.717) is 23.8 Å². The van der Waals surface area contributed by atoms with Gasteiger partial charge in [-0.15, -0.1) is 0 Å². The minimum atomic E-state index is -5.07. The molecule has 0 spiro atoms. The Morgan fingerprint density at radius 3 is 1.91 bits per heavy atom. The van der Waals surface area contributed by atoms with Gasteiger partial charge < -0.3 is 5.11 Å². The summed E-state index contributed by atoms with van der Waals surface area (Å²) in [5.41, 5.74) is -1.17. The second-order valence-electron chi connectivity index (χ2n) is 7.24. The molecule has 2 unspecified atom stereocenters. The van der Waals surface area contributed by atoms with E-state index in [1.807, 2.05) is 4.72 Å². The summed E-state index contributed by atoms with van der Waals surface area (Å²) in [6.07, 6.45) is -6.42. The molecule has 0 fully saturated rings. The fourth-order valence-electron chi connectivity index (χ4n) is 3.17. The van der Waals surface area contributed by atoms with E-state index in [1.54, 1.807) is 24.3 Å². The molecule has 3 aromatic rings. The topological polar surface area (TPSA) is 101 Å². The number of rotatable bonds is 7. The maximum absolute atomic E-state index is 13.6. The van der Waals surface area contributed by atoms with Crippen LogP contribution in [0.5, 0.6) is 0 Å². The number of sulfone groups is 1. The number of aliphatic hydroxyl groups is 1. The van der Waals surface area contributed by atoms with Crippen molar-refractivity contribution in [3.8, 4) is 0 Å². The Morgan fingerprint density at radius 1 is 0.818 bits per heavy atom. The van der Waals surface area contributed by atoms with Crippen LogP contribution in [0.15, 0.2) is 93.5 Å². The van der Waals surface area contributed by atoms with E-state index in [4.69, 9.17) is 0 Å². The smallest absolute Gasteiger partial charge is 0.387 e. The number of hydrogen-bond acceptors (Lipinski definition) is 5. The van der Waals surface area contributed by atoms with E-state index < -0.39 is 53.5 Å². The number of aliphatic hydroxyl groups excluding tert-OH is 1. The minimum Gasteiger partial charge on any atom is -0.387 e. The third-order valence-electron chi connectivity index (χ3n) is 4.87. The molecule has 2 N–H and O–H groups in total. The molecule has 3 aromatic carbocycles. The zero-order chi connectivity index (χ0) is 24.4. The minimum absolute atomic E-state index is 0.200. The van der Waals surface area contributed by atoms with Crippen molar-refractivity contribution >= 4 is 19.9 Å². The first-order valence-corrected chi connectivity index (χ1v) is 12.6. The molecule has 0 aliphatic carbocycles. The van der Waals surface area contributed by atoms with E-state index in [9.17, 15) is 35.1 Å². The molecule has 11 heteroatoms. The third kappa shape index (κ3) is 5.44. The molecule has 3 rings (SSSR count). The summed E-state index contributed by atoms with van der Waals surface area (Å²) in [7, 11) is -9.17. The average Bonchev–Trinajstić information content (AvgIpc) is 2.78. The van der Waals surface area contributed by atoms with Crippen LogP contribution in [0.25, 0.3) is 0 Å². The van der Waals surface area contributed by atoms with Crippen molar-refractivity contribution in [2.24, 2.45) is 0 Å².